The number of furan rings is 1. The van der Waals surface area contributed by atoms with Gasteiger partial charge in [0.05, 0.1) is 29.0 Å². The number of ketones is 1. The summed E-state index contributed by atoms with van der Waals surface area (Å²) in [6, 6.07) is 16.1. The number of hydrogen-bond acceptors (Lipinski definition) is 7. The Morgan fingerprint density at radius 3 is 2.39 bits per heavy atom. The van der Waals surface area contributed by atoms with E-state index in [1.165, 1.54) is 18.2 Å². The van der Waals surface area contributed by atoms with E-state index in [1.807, 2.05) is 30.3 Å². The number of aliphatic hydroxyl groups is 2. The molecule has 1 aromatic heterocycles. The number of piperidine rings is 1. The number of fused-ring (bicyclic) bond motifs is 1. The molecule has 1 amide bonds. The zero-order valence-corrected chi connectivity index (χ0v) is 34.2. The number of amides is 1. The number of β-amino-alcohol motifs (C(OH)–C–C–N with tert-alkyl or cyclic N) is 1. The first-order chi connectivity index (χ1) is 28.0. The lowest BCUT2D eigenvalue weighted by atomic mass is 9.32. The zero-order valence-electron chi connectivity index (χ0n) is 33.5. The smallest absolute Gasteiger partial charge is 0.416 e. The van der Waals surface area contributed by atoms with Crippen LogP contribution in [0, 0.1) is 33.5 Å². The zero-order chi connectivity index (χ0) is 41.4. The molecule has 8 atom stereocenters. The standard InChI is InChI=1S/C47H51ClF3N3O5/c1-41-15-12-31(55)25-43(41)18-19-46(33(26-43)39(56)36-11-10-35(59-36)32-24-29(47(49,50)51)8-9-34(32)48)37(41)13-16-42(2)38(46)14-17-45(42,58)27-53-22-20-44(21-23-53)40(57)52-28-54(44)30-6-4-3-5-7-30/h3-11,18-19,24,26,31,37-38,55,58H,12-17,20-23,25,27-28H2,1-2H3,(H,52,57). The fourth-order valence-corrected chi connectivity index (χ4v) is 13.9. The van der Waals surface area contributed by atoms with Crippen LogP contribution in [0.25, 0.3) is 11.3 Å². The van der Waals surface area contributed by atoms with Gasteiger partial charge in [-0.15, -0.1) is 0 Å². The maximum absolute atomic E-state index is 15.1. The molecule has 2 bridgehead atoms. The summed E-state index contributed by atoms with van der Waals surface area (Å²) < 4.78 is 47.3. The number of rotatable bonds is 6. The van der Waals surface area contributed by atoms with E-state index in [0.717, 1.165) is 37.1 Å². The average Bonchev–Trinajstić information content (AvgIpc) is 3.90. The third-order valence-electron chi connectivity index (χ3n) is 16.9. The summed E-state index contributed by atoms with van der Waals surface area (Å²) in [6.07, 6.45) is 7.59. The quantitative estimate of drug-likeness (QED) is 0.169. The van der Waals surface area contributed by atoms with Crippen molar-refractivity contribution in [3.63, 3.8) is 0 Å². The van der Waals surface area contributed by atoms with Gasteiger partial charge in [-0.25, -0.2) is 0 Å². The maximum atomic E-state index is 15.1. The van der Waals surface area contributed by atoms with Crippen LogP contribution in [0.15, 0.2) is 88.9 Å². The molecule has 2 saturated heterocycles. The predicted octanol–water partition coefficient (Wildman–Crippen LogP) is 8.82. The van der Waals surface area contributed by atoms with Crippen molar-refractivity contribution in [2.24, 2.45) is 33.5 Å². The summed E-state index contributed by atoms with van der Waals surface area (Å²) in [5.41, 5.74) is -3.00. The fourth-order valence-electron chi connectivity index (χ4n) is 13.7. The van der Waals surface area contributed by atoms with Gasteiger partial charge in [0.1, 0.15) is 11.3 Å². The van der Waals surface area contributed by atoms with Gasteiger partial charge in [0.25, 0.3) is 0 Å². The van der Waals surface area contributed by atoms with Crippen molar-refractivity contribution in [1.29, 1.82) is 0 Å². The SMILES string of the molecule is CC12CCC(O)CC13C=CC1(C(C(=O)c4ccc(-c5cc(C(F)(F)F)ccc5Cl)o4)=C3)C2CCC2(C)C1CCC2(O)CN1CCC2(CC1)C(=O)NCN2c1ccccc1. The van der Waals surface area contributed by atoms with Gasteiger partial charge in [0, 0.05) is 52.7 Å². The molecule has 2 aromatic carbocycles. The molecule has 3 heterocycles. The van der Waals surface area contributed by atoms with Crippen molar-refractivity contribution in [3.05, 3.63) is 101 Å². The van der Waals surface area contributed by atoms with Gasteiger partial charge >= 0.3 is 6.18 Å². The number of alkyl halides is 3. The van der Waals surface area contributed by atoms with Crippen LogP contribution >= 0.6 is 11.6 Å². The van der Waals surface area contributed by atoms with E-state index >= 15 is 4.79 Å². The van der Waals surface area contributed by atoms with Gasteiger partial charge in [-0.2, -0.15) is 13.2 Å². The number of anilines is 1. The molecule has 6 aliphatic carbocycles. The number of hydrogen-bond donors (Lipinski definition) is 3. The van der Waals surface area contributed by atoms with E-state index in [4.69, 9.17) is 16.0 Å². The van der Waals surface area contributed by atoms with Crippen molar-refractivity contribution in [2.75, 3.05) is 31.2 Å². The van der Waals surface area contributed by atoms with Gasteiger partial charge in [-0.1, -0.05) is 61.9 Å². The first-order valence-electron chi connectivity index (χ1n) is 21.2. The Morgan fingerprint density at radius 2 is 1.64 bits per heavy atom. The van der Waals surface area contributed by atoms with Gasteiger partial charge in [0.15, 0.2) is 5.76 Å². The molecular weight excluding hydrogens is 779 g/mol. The average molecular weight is 830 g/mol. The number of halogens is 4. The Labute approximate surface area is 347 Å². The van der Waals surface area contributed by atoms with Crippen molar-refractivity contribution in [3.8, 4) is 11.3 Å². The van der Waals surface area contributed by atoms with Crippen LogP contribution in [-0.2, 0) is 11.0 Å². The number of carbonyl (C=O) groups is 2. The number of allylic oxidation sites excluding steroid dienone is 4. The largest absolute Gasteiger partial charge is 0.453 e. The Hall–Kier alpha value is -3.90. The van der Waals surface area contributed by atoms with Crippen LogP contribution in [0.3, 0.4) is 0 Å². The number of nitrogens with zero attached hydrogens (tertiary/aromatic N) is 2. The number of aliphatic hydroxyl groups excluding tert-OH is 1. The molecule has 312 valence electrons. The van der Waals surface area contributed by atoms with Crippen LogP contribution in [0.2, 0.25) is 5.02 Å². The van der Waals surface area contributed by atoms with Crippen LogP contribution in [0.4, 0.5) is 18.9 Å². The third-order valence-corrected chi connectivity index (χ3v) is 17.2. The summed E-state index contributed by atoms with van der Waals surface area (Å²) in [5, 5.41) is 27.3. The summed E-state index contributed by atoms with van der Waals surface area (Å²) in [5.74, 6) is -0.216. The van der Waals surface area contributed by atoms with Crippen molar-refractivity contribution in [2.45, 2.75) is 95.1 Å². The van der Waals surface area contributed by atoms with Crippen LogP contribution < -0.4 is 10.2 Å². The lowest BCUT2D eigenvalue weighted by molar-refractivity contribution is -0.177. The number of nitrogens with one attached hydrogen (secondary N) is 1. The second kappa shape index (κ2) is 13.1. The lowest BCUT2D eigenvalue weighted by Gasteiger charge is -2.71. The number of para-hydroxylation sites is 1. The molecular formula is C47H51ClF3N3O5. The molecule has 3 saturated carbocycles. The van der Waals surface area contributed by atoms with Crippen molar-refractivity contribution in [1.82, 2.24) is 10.2 Å². The van der Waals surface area contributed by atoms with Gasteiger partial charge in [0.2, 0.25) is 11.7 Å². The highest BCUT2D eigenvalue weighted by atomic mass is 35.5. The molecule has 12 heteroatoms. The lowest BCUT2D eigenvalue weighted by Crippen LogP contribution is -2.67. The highest BCUT2D eigenvalue weighted by Gasteiger charge is 2.74. The summed E-state index contributed by atoms with van der Waals surface area (Å²) in [6.45, 7) is 6.80. The van der Waals surface area contributed by atoms with E-state index < -0.39 is 45.2 Å². The fraction of sp³-hybridized carbons (Fsp3) is 0.532. The Kier molecular flexibility index (Phi) is 8.68. The highest BCUT2D eigenvalue weighted by Crippen LogP contribution is 2.78. The van der Waals surface area contributed by atoms with Gasteiger partial charge in [-0.05, 0) is 118 Å². The van der Waals surface area contributed by atoms with Gasteiger partial charge < -0.3 is 29.7 Å². The minimum absolute atomic E-state index is 0.0199. The Bertz CT molecular complexity index is 2290. The normalized spacial score (nSPS) is 37.2. The van der Waals surface area contributed by atoms with Crippen LogP contribution in [0.1, 0.15) is 87.8 Å². The molecule has 0 radical (unpaired) electrons. The van der Waals surface area contributed by atoms with Crippen molar-refractivity contribution >= 4 is 29.0 Å². The van der Waals surface area contributed by atoms with E-state index in [1.54, 1.807) is 0 Å². The first kappa shape index (κ1) is 39.2. The maximum Gasteiger partial charge on any atom is 0.416 e. The van der Waals surface area contributed by atoms with E-state index in [2.05, 4.69) is 47.2 Å². The molecule has 11 rings (SSSR count). The number of carbonyl (C=O) groups excluding carboxylic acids is 2. The first-order valence-corrected chi connectivity index (χ1v) is 21.6. The molecule has 3 spiro atoms. The summed E-state index contributed by atoms with van der Waals surface area (Å²) >= 11 is 6.40. The second-order valence-corrected chi connectivity index (χ2v) is 19.6. The summed E-state index contributed by atoms with van der Waals surface area (Å²) in [4.78, 5) is 33.1. The van der Waals surface area contributed by atoms with E-state index in [9.17, 15) is 28.2 Å². The van der Waals surface area contributed by atoms with Gasteiger partial charge in [-0.3, -0.25) is 9.59 Å². The monoisotopic (exact) mass is 829 g/mol. The minimum Gasteiger partial charge on any atom is -0.453 e. The Morgan fingerprint density at radius 1 is 0.932 bits per heavy atom. The molecule has 8 nitrogen and oxygen atoms in total. The molecule has 8 aliphatic rings. The predicted molar refractivity (Wildman–Crippen MR) is 217 cm³/mol. The molecule has 3 aromatic rings. The van der Waals surface area contributed by atoms with E-state index in [0.29, 0.717) is 70.4 Å². The highest BCUT2D eigenvalue weighted by molar-refractivity contribution is 6.33. The van der Waals surface area contributed by atoms with Crippen molar-refractivity contribution < 1.29 is 37.4 Å². The number of benzene rings is 2. The molecule has 3 N–H and O–H groups in total. The molecule has 2 aliphatic heterocycles. The number of likely N-dealkylation sites (tertiary alicyclic amines) is 1. The van der Waals surface area contributed by atoms with E-state index in [-0.39, 0.29) is 51.0 Å². The molecule has 8 unspecified atom stereocenters. The minimum atomic E-state index is -4.59. The van der Waals surface area contributed by atoms with Crippen LogP contribution in [0.5, 0.6) is 0 Å². The summed E-state index contributed by atoms with van der Waals surface area (Å²) in [7, 11) is 0. The Balaban J connectivity index is 0.977. The van der Waals surface area contributed by atoms with Crippen LogP contribution in [-0.4, -0.2) is 70.4 Å². The second-order valence-electron chi connectivity index (χ2n) is 19.2. The number of Topliss-reactive ketones (excluding diaryl/α,β-unsaturated/α-hetero) is 1. The molecule has 59 heavy (non-hydrogen) atoms. The topological polar surface area (TPSA) is 106 Å². The third kappa shape index (κ3) is 5.39. The molecule has 5 fully saturated rings.